The summed E-state index contributed by atoms with van der Waals surface area (Å²) in [6.07, 6.45) is 10.7. The van der Waals surface area contributed by atoms with E-state index < -0.39 is 5.92 Å². The molecule has 28 heavy (non-hydrogen) atoms. The van der Waals surface area contributed by atoms with Gasteiger partial charge in [-0.2, -0.15) is 5.26 Å². The molecule has 0 fully saturated rings. The molecule has 0 radical (unpaired) electrons. The van der Waals surface area contributed by atoms with Crippen molar-refractivity contribution in [3.05, 3.63) is 12.2 Å². The van der Waals surface area contributed by atoms with Gasteiger partial charge in [-0.15, -0.1) is 0 Å². The van der Waals surface area contributed by atoms with Crippen molar-refractivity contribution >= 4 is 11.8 Å². The highest BCUT2D eigenvalue weighted by atomic mass is 16.2. The molecule has 3 atom stereocenters. The summed E-state index contributed by atoms with van der Waals surface area (Å²) in [5, 5.41) is 14.8. The molecule has 3 unspecified atom stereocenters. The first kappa shape index (κ1) is 26.1. The van der Waals surface area contributed by atoms with Crippen molar-refractivity contribution in [1.82, 2.24) is 10.6 Å². The average molecular weight is 394 g/mol. The van der Waals surface area contributed by atoms with Crippen LogP contribution >= 0.6 is 0 Å². The molecule has 0 aromatic heterocycles. The summed E-state index contributed by atoms with van der Waals surface area (Å²) in [5.41, 5.74) is 11.4. The second kappa shape index (κ2) is 17.2. The zero-order valence-electron chi connectivity index (χ0n) is 17.6. The number of hydrogen-bond acceptors (Lipinski definition) is 5. The molecule has 0 bridgehead atoms. The van der Waals surface area contributed by atoms with E-state index >= 15 is 0 Å². The van der Waals surface area contributed by atoms with E-state index in [0.717, 1.165) is 38.5 Å². The van der Waals surface area contributed by atoms with Crippen molar-refractivity contribution in [2.45, 2.75) is 83.7 Å². The molecule has 0 aromatic rings. The summed E-state index contributed by atoms with van der Waals surface area (Å²) >= 11 is 0. The fraction of sp³-hybridized carbons (Fsp3) is 0.762. The van der Waals surface area contributed by atoms with E-state index in [4.69, 9.17) is 16.7 Å². The number of rotatable bonds is 16. The Morgan fingerprint density at radius 2 is 1.50 bits per heavy atom. The molecule has 0 aliphatic carbocycles. The van der Waals surface area contributed by atoms with Gasteiger partial charge in [0.1, 0.15) is 5.92 Å². The molecule has 7 nitrogen and oxygen atoms in total. The summed E-state index contributed by atoms with van der Waals surface area (Å²) in [7, 11) is 0. The fourth-order valence-corrected chi connectivity index (χ4v) is 2.64. The summed E-state index contributed by atoms with van der Waals surface area (Å²) in [6.45, 7) is 5.18. The van der Waals surface area contributed by atoms with Crippen molar-refractivity contribution < 1.29 is 9.59 Å². The molecular formula is C21H39N5O2. The average Bonchev–Trinajstić information content (AvgIpc) is 2.63. The van der Waals surface area contributed by atoms with Crippen LogP contribution in [0.1, 0.15) is 71.6 Å². The monoisotopic (exact) mass is 393 g/mol. The number of amides is 2. The Kier molecular flexibility index (Phi) is 16.0. The van der Waals surface area contributed by atoms with Gasteiger partial charge in [0.15, 0.2) is 0 Å². The largest absolute Gasteiger partial charge is 0.356 e. The smallest absolute Gasteiger partial charge is 0.237 e. The van der Waals surface area contributed by atoms with E-state index in [0.29, 0.717) is 32.4 Å². The van der Waals surface area contributed by atoms with Crippen LogP contribution in [0.3, 0.4) is 0 Å². The lowest BCUT2D eigenvalue weighted by Crippen LogP contribution is -2.30. The van der Waals surface area contributed by atoms with E-state index in [9.17, 15) is 9.59 Å². The number of carbonyl (C=O) groups is 2. The van der Waals surface area contributed by atoms with Gasteiger partial charge in [-0.05, 0) is 52.4 Å². The van der Waals surface area contributed by atoms with Crippen LogP contribution in [-0.4, -0.2) is 37.0 Å². The van der Waals surface area contributed by atoms with E-state index in [1.54, 1.807) is 6.08 Å². The first-order valence-corrected chi connectivity index (χ1v) is 10.5. The number of carbonyl (C=O) groups excluding carboxylic acids is 2. The van der Waals surface area contributed by atoms with Crippen molar-refractivity contribution in [3.63, 3.8) is 0 Å². The molecule has 0 heterocycles. The van der Waals surface area contributed by atoms with Gasteiger partial charge in [0.25, 0.3) is 0 Å². The van der Waals surface area contributed by atoms with Crippen LogP contribution in [0, 0.1) is 17.2 Å². The van der Waals surface area contributed by atoms with Gasteiger partial charge in [-0.3, -0.25) is 9.59 Å². The maximum Gasteiger partial charge on any atom is 0.237 e. The van der Waals surface area contributed by atoms with E-state index in [2.05, 4.69) is 16.7 Å². The number of nitrogens with two attached hydrogens (primary N) is 2. The number of nitriles is 1. The number of unbranched alkanes of at least 4 members (excludes halogenated alkanes) is 2. The summed E-state index contributed by atoms with van der Waals surface area (Å²) in [6, 6.07) is 2.44. The summed E-state index contributed by atoms with van der Waals surface area (Å²) in [5.74, 6) is -0.892. The molecule has 2 amide bonds. The Hall–Kier alpha value is -1.91. The Labute approximate surface area is 170 Å². The second-order valence-corrected chi connectivity index (χ2v) is 7.52. The summed E-state index contributed by atoms with van der Waals surface area (Å²) < 4.78 is 0. The summed E-state index contributed by atoms with van der Waals surface area (Å²) in [4.78, 5) is 23.7. The maximum atomic E-state index is 12.0. The highest BCUT2D eigenvalue weighted by molar-refractivity contribution is 5.81. The fourth-order valence-electron chi connectivity index (χ4n) is 2.64. The maximum absolute atomic E-state index is 12.0. The third-order valence-electron chi connectivity index (χ3n) is 4.36. The van der Waals surface area contributed by atoms with Gasteiger partial charge in [-0.25, -0.2) is 0 Å². The number of hydrogen-bond donors (Lipinski definition) is 4. The van der Waals surface area contributed by atoms with Crippen LogP contribution in [0.15, 0.2) is 12.2 Å². The number of nitrogens with zero attached hydrogens (tertiary/aromatic N) is 1. The van der Waals surface area contributed by atoms with E-state index in [1.165, 1.54) is 0 Å². The Morgan fingerprint density at radius 3 is 2.04 bits per heavy atom. The number of nitrogens with one attached hydrogen (secondary N) is 2. The molecular weight excluding hydrogens is 354 g/mol. The molecule has 0 saturated heterocycles. The van der Waals surface area contributed by atoms with E-state index in [-0.39, 0.29) is 23.9 Å². The minimum Gasteiger partial charge on any atom is -0.356 e. The van der Waals surface area contributed by atoms with Gasteiger partial charge >= 0.3 is 0 Å². The Morgan fingerprint density at radius 1 is 0.929 bits per heavy atom. The molecule has 0 aliphatic rings. The van der Waals surface area contributed by atoms with Crippen LogP contribution in [-0.2, 0) is 9.59 Å². The molecule has 160 valence electrons. The molecule has 0 saturated carbocycles. The van der Waals surface area contributed by atoms with Crippen molar-refractivity contribution in [2.75, 3.05) is 13.1 Å². The van der Waals surface area contributed by atoms with Gasteiger partial charge in [0.05, 0.1) is 6.07 Å². The van der Waals surface area contributed by atoms with Gasteiger partial charge in [0, 0.05) is 31.6 Å². The molecule has 7 heteroatoms. The molecule has 0 rings (SSSR count). The Balaban J connectivity index is 3.82. The lowest BCUT2D eigenvalue weighted by atomic mass is 10.0. The molecule has 0 aliphatic heterocycles. The lowest BCUT2D eigenvalue weighted by molar-refractivity contribution is -0.123. The highest BCUT2D eigenvalue weighted by Crippen LogP contribution is 2.07. The first-order chi connectivity index (χ1) is 13.4. The zero-order valence-corrected chi connectivity index (χ0v) is 17.6. The molecule has 0 aromatic carbocycles. The van der Waals surface area contributed by atoms with Crippen molar-refractivity contribution in [2.24, 2.45) is 17.4 Å². The molecule has 6 N–H and O–H groups in total. The lowest BCUT2D eigenvalue weighted by Gasteiger charge is -2.10. The standard InChI is InChI=1S/C21H39N5O2/c1-17(23)10-6-8-14-25-20(27)13-5-3-4-12-19(16-22)21(28)26-15-9-7-11-18(2)24/h3,5,17-19H,4,6-15,23-24H2,1-2H3,(H,25,27)(H,26,28)/b5-3-. The van der Waals surface area contributed by atoms with Crippen LogP contribution in [0.5, 0.6) is 0 Å². The zero-order chi connectivity index (χ0) is 21.2. The highest BCUT2D eigenvalue weighted by Gasteiger charge is 2.16. The van der Waals surface area contributed by atoms with Gasteiger partial charge < -0.3 is 22.1 Å². The van der Waals surface area contributed by atoms with Crippen LogP contribution < -0.4 is 22.1 Å². The first-order valence-electron chi connectivity index (χ1n) is 10.5. The SMILES string of the molecule is CC(N)CCCCNC(=O)C/C=C\CCC(C#N)C(=O)NCCCCC(C)N. The van der Waals surface area contributed by atoms with Crippen LogP contribution in [0.2, 0.25) is 0 Å². The normalized spacial score (nSPS) is 14.2. The minimum absolute atomic E-state index is 0.0154. The van der Waals surface area contributed by atoms with Crippen LogP contribution in [0.4, 0.5) is 0 Å². The van der Waals surface area contributed by atoms with Crippen molar-refractivity contribution in [1.29, 1.82) is 5.26 Å². The second-order valence-electron chi connectivity index (χ2n) is 7.52. The topological polar surface area (TPSA) is 134 Å². The van der Waals surface area contributed by atoms with E-state index in [1.807, 2.05) is 19.9 Å². The van der Waals surface area contributed by atoms with Gasteiger partial charge in [0.2, 0.25) is 11.8 Å². The predicted octanol–water partition coefficient (Wildman–Crippen LogP) is 2.12. The third kappa shape index (κ3) is 16.3. The Bertz CT molecular complexity index is 498. The van der Waals surface area contributed by atoms with Crippen LogP contribution in [0.25, 0.3) is 0 Å². The quantitative estimate of drug-likeness (QED) is 0.235. The number of allylic oxidation sites excluding steroid dienone is 1. The minimum atomic E-state index is -0.656. The van der Waals surface area contributed by atoms with Gasteiger partial charge in [-0.1, -0.05) is 25.0 Å². The predicted molar refractivity (Wildman–Crippen MR) is 113 cm³/mol. The molecule has 0 spiro atoms. The third-order valence-corrected chi connectivity index (χ3v) is 4.36. The van der Waals surface area contributed by atoms with Crippen molar-refractivity contribution in [3.8, 4) is 6.07 Å².